The molecule has 1 saturated heterocycles. The molecule has 7 heterocycles. The van der Waals surface area contributed by atoms with Gasteiger partial charge in [-0.05, 0) is 137 Å². The Morgan fingerprint density at radius 1 is 0.340 bits per heavy atom. The van der Waals surface area contributed by atoms with E-state index >= 15 is 0 Å². The van der Waals surface area contributed by atoms with E-state index in [2.05, 4.69) is 136 Å². The van der Waals surface area contributed by atoms with Crippen molar-refractivity contribution in [2.75, 3.05) is 0 Å². The van der Waals surface area contributed by atoms with Crippen molar-refractivity contribution in [2.45, 2.75) is 286 Å². The summed E-state index contributed by atoms with van der Waals surface area (Å²) in [5.74, 6) is 4.06. The van der Waals surface area contributed by atoms with Gasteiger partial charge in [0.2, 0.25) is 0 Å². The number of nitrogens with zero attached hydrogens (tertiary/aromatic N) is 8. The van der Waals surface area contributed by atoms with Crippen LogP contribution in [0.5, 0.6) is 34.5 Å². The number of rotatable bonds is 36. The number of fused-ring (bicyclic) bond motifs is 25. The van der Waals surface area contributed by atoms with Crippen molar-refractivity contribution in [1.82, 2.24) is 39.9 Å². The van der Waals surface area contributed by atoms with Crippen molar-refractivity contribution in [3.8, 4) is 92.2 Å². The van der Waals surface area contributed by atoms with Crippen LogP contribution in [0.2, 0.25) is 0 Å². The first-order valence-corrected chi connectivity index (χ1v) is 37.4. The highest BCUT2D eigenvalue weighted by Gasteiger charge is 2.54. The smallest absolute Gasteiger partial charge is 0.164 e. The number of ether oxygens (including phenoxy) is 7. The fraction of sp³-hybridized carbons (Fsp3) is 0.575. The number of hydrogen-bond acceptors (Lipinski definition) is 15. The summed E-state index contributed by atoms with van der Waals surface area (Å²) in [5.41, 5.74) is 6.53. The molecule has 0 saturated carbocycles. The van der Waals surface area contributed by atoms with Crippen LogP contribution in [0.25, 0.3) is 89.7 Å². The van der Waals surface area contributed by atoms with Gasteiger partial charge in [0.1, 0.15) is 34.8 Å². The predicted octanol–water partition coefficient (Wildman–Crippen LogP) is 21.4. The lowest BCUT2D eigenvalue weighted by Crippen LogP contribution is -2.19. The predicted molar refractivity (Wildman–Crippen MR) is 386 cm³/mol. The molecule has 11 rings (SSSR count). The SMILES string of the molecule is CCCCC(CC)Oc1cc2c(cc1OC(CC)CCCC)-c1nc-2nc2nc(nc3[nH]c(nc4[nH]c(n1)c1cc(OC(CC)CCCC)c(OC(CC)CCCC)cc41)c1cc(OC(CC)CCCC)c(OC(CC)CCCC)cc31)-c1cc3c(cc1-2)[C@H]1O[C@@H]3C(C#N)C1C#N. The van der Waals surface area contributed by atoms with E-state index in [1.54, 1.807) is 0 Å². The maximum absolute atomic E-state index is 10.5. The third-order valence-electron chi connectivity index (χ3n) is 20.2. The van der Waals surface area contributed by atoms with Gasteiger partial charge in [-0.15, -0.1) is 0 Å². The molecule has 516 valence electrons. The highest BCUT2D eigenvalue weighted by atomic mass is 16.5. The van der Waals surface area contributed by atoms with Crippen molar-refractivity contribution >= 4 is 44.1 Å². The first kappa shape index (κ1) is 70.3. The van der Waals surface area contributed by atoms with Crippen molar-refractivity contribution < 1.29 is 33.2 Å². The average molecular weight is 1320 g/mol. The summed E-state index contributed by atoms with van der Waals surface area (Å²) in [7, 11) is 0. The van der Waals surface area contributed by atoms with Gasteiger partial charge in [-0.3, -0.25) is 0 Å². The van der Waals surface area contributed by atoms with Crippen molar-refractivity contribution in [3.05, 3.63) is 59.7 Å². The summed E-state index contributed by atoms with van der Waals surface area (Å²) >= 11 is 0. The minimum absolute atomic E-state index is 0.0496. The van der Waals surface area contributed by atoms with Gasteiger partial charge in [0, 0.05) is 43.8 Å². The largest absolute Gasteiger partial charge is 0.487 e. The zero-order valence-electron chi connectivity index (χ0n) is 59.8. The Hall–Kier alpha value is -8.02. The molecule has 0 amide bonds. The number of nitriles is 2. The van der Waals surface area contributed by atoms with Gasteiger partial charge < -0.3 is 43.1 Å². The van der Waals surface area contributed by atoms with Crippen LogP contribution in [0.3, 0.4) is 0 Å². The quantitative estimate of drug-likeness (QED) is 0.0373. The lowest BCUT2D eigenvalue weighted by molar-refractivity contribution is 0.0611. The van der Waals surface area contributed by atoms with Gasteiger partial charge in [-0.25, -0.2) is 29.9 Å². The number of hydrogen-bond donors (Lipinski definition) is 2. The summed E-state index contributed by atoms with van der Waals surface area (Å²) in [6, 6.07) is 21.3. The van der Waals surface area contributed by atoms with E-state index in [0.29, 0.717) is 103 Å². The molecular weight excluding hydrogens is 1210 g/mol. The molecule has 0 spiro atoms. The van der Waals surface area contributed by atoms with E-state index in [1.165, 1.54) is 0 Å². The molecule has 8 unspecified atom stereocenters. The van der Waals surface area contributed by atoms with Crippen LogP contribution in [0.4, 0.5) is 0 Å². The fourth-order valence-corrected chi connectivity index (χ4v) is 14.2. The number of benzene rings is 4. The van der Waals surface area contributed by atoms with Gasteiger partial charge in [-0.1, -0.05) is 160 Å². The maximum atomic E-state index is 10.5. The molecule has 17 heteroatoms. The van der Waals surface area contributed by atoms with E-state index in [4.69, 9.17) is 63.1 Å². The Morgan fingerprint density at radius 3 is 0.825 bits per heavy atom. The monoisotopic (exact) mass is 1320 g/mol. The van der Waals surface area contributed by atoms with Crippen LogP contribution in [0.15, 0.2) is 48.5 Å². The molecule has 3 aromatic heterocycles. The second-order valence-electron chi connectivity index (χ2n) is 27.2. The Labute approximate surface area is 574 Å². The number of H-pyrrole nitrogens is 2. The van der Waals surface area contributed by atoms with Crippen LogP contribution in [0, 0.1) is 34.5 Å². The van der Waals surface area contributed by atoms with Crippen molar-refractivity contribution in [1.29, 1.82) is 10.5 Å². The molecule has 4 aromatic carbocycles. The van der Waals surface area contributed by atoms with Gasteiger partial charge in [-0.2, -0.15) is 10.5 Å². The summed E-state index contributed by atoms with van der Waals surface area (Å²) in [4.78, 5) is 40.9. The zero-order valence-corrected chi connectivity index (χ0v) is 59.8. The minimum Gasteiger partial charge on any atom is -0.487 e. The molecule has 97 heavy (non-hydrogen) atoms. The number of aromatic amines is 2. The average Bonchev–Trinajstić information content (AvgIpc) is 1.57. The number of nitrogens with one attached hydrogen (secondary N) is 2. The van der Waals surface area contributed by atoms with Crippen LogP contribution < -0.4 is 28.4 Å². The third-order valence-corrected chi connectivity index (χ3v) is 20.2. The van der Waals surface area contributed by atoms with E-state index in [-0.39, 0.29) is 36.6 Å². The van der Waals surface area contributed by atoms with E-state index in [9.17, 15) is 10.5 Å². The van der Waals surface area contributed by atoms with Gasteiger partial charge in [0.25, 0.3) is 0 Å². The summed E-state index contributed by atoms with van der Waals surface area (Å²) in [6.45, 7) is 26.4. The van der Waals surface area contributed by atoms with Crippen molar-refractivity contribution in [3.63, 3.8) is 0 Å². The van der Waals surface area contributed by atoms with Gasteiger partial charge in [0.15, 0.2) is 57.8 Å². The van der Waals surface area contributed by atoms with Gasteiger partial charge >= 0.3 is 0 Å². The maximum Gasteiger partial charge on any atom is 0.164 e. The van der Waals surface area contributed by atoms with E-state index < -0.39 is 24.0 Å². The fourth-order valence-electron chi connectivity index (χ4n) is 14.2. The molecule has 10 bridgehead atoms. The standard InChI is InChI=1S/C80H104N10O7/c1-13-25-31-47(19-7)91-65-39-57-59(41-67(65)93-49(21-9)33-27-15-3)77-86-75(57)84-73-55-37-53-54(72-64(46-82)63(45-81)71(53)97-72)38-56(55)74(83-73)85-76-58-40-66(92-48(20-8)32-26-14-2)68(94-50(22-10)34-28-16-4)42-60(58)78(87-76)89-80-62-44-70(96-52(24-12)36-30-18-6)69(43-61(62)79(88-77)90-80)95-51(23-11)35-29-17-5/h37-44,47-52,63-64,71-72H,13-36H2,1-12H3,(H2,83,84,85,86,87,88,89,90)/t47?,48?,49?,50?,51?,52?,63?,64?,71-,72+. The molecule has 2 N–H and O–H groups in total. The summed E-state index contributed by atoms with van der Waals surface area (Å²) in [6.07, 6.45) is 21.2. The molecule has 0 aliphatic carbocycles. The summed E-state index contributed by atoms with van der Waals surface area (Å²) in [5, 5.41) is 24.1. The van der Waals surface area contributed by atoms with Crippen molar-refractivity contribution in [2.24, 2.45) is 11.8 Å². The van der Waals surface area contributed by atoms with Crippen LogP contribution in [0.1, 0.15) is 261 Å². The third kappa shape index (κ3) is 15.0. The van der Waals surface area contributed by atoms with Crippen LogP contribution in [-0.4, -0.2) is 76.5 Å². The van der Waals surface area contributed by atoms with Crippen LogP contribution >= 0.6 is 0 Å². The molecule has 4 aliphatic heterocycles. The van der Waals surface area contributed by atoms with Crippen LogP contribution in [-0.2, 0) is 4.74 Å². The highest BCUT2D eigenvalue weighted by molar-refractivity contribution is 6.09. The molecule has 10 atom stereocenters. The number of aromatic nitrogens is 8. The first-order valence-electron chi connectivity index (χ1n) is 37.4. The Kier molecular flexibility index (Phi) is 23.6. The molecule has 1 fully saturated rings. The second kappa shape index (κ2) is 32.6. The molecule has 17 nitrogen and oxygen atoms in total. The molecule has 7 aromatic rings. The minimum atomic E-state index is -0.647. The molecular formula is C80H104N10O7. The first-order chi connectivity index (χ1) is 47.4. The molecule has 4 aliphatic rings. The topological polar surface area (TPSA) is 221 Å². The van der Waals surface area contributed by atoms with Gasteiger partial charge in [0.05, 0.1) is 60.6 Å². The normalized spacial score (nSPS) is 17.8. The second-order valence-corrected chi connectivity index (χ2v) is 27.2. The Balaban J connectivity index is 1.28. The highest BCUT2D eigenvalue weighted by Crippen LogP contribution is 2.59. The molecule has 0 radical (unpaired) electrons. The Bertz CT molecular complexity index is 4150. The summed E-state index contributed by atoms with van der Waals surface area (Å²) < 4.78 is 49.3. The van der Waals surface area contributed by atoms with E-state index in [1.807, 2.05) is 18.2 Å². The lowest BCUT2D eigenvalue weighted by atomic mass is 9.76. The number of unbranched alkanes of at least 4 members (excludes halogenated alkanes) is 6. The Morgan fingerprint density at radius 2 is 0.577 bits per heavy atom. The van der Waals surface area contributed by atoms with E-state index in [0.717, 1.165) is 187 Å². The lowest BCUT2D eigenvalue weighted by Gasteiger charge is -2.24. The zero-order chi connectivity index (χ0) is 68.3.